The highest BCUT2D eigenvalue weighted by Gasteiger charge is 2.81. The topological polar surface area (TPSA) is 213 Å². The summed E-state index contributed by atoms with van der Waals surface area (Å²) in [5.74, 6) is -3.51. The van der Waals surface area contributed by atoms with E-state index in [0.29, 0.717) is 89.2 Å². The lowest BCUT2D eigenvalue weighted by atomic mass is 9.47. The lowest BCUT2D eigenvalue weighted by molar-refractivity contribution is -0.241. The van der Waals surface area contributed by atoms with Gasteiger partial charge in [0.25, 0.3) is 0 Å². The molecular weight excluding hydrogens is 906 g/mol. The predicted octanol–water partition coefficient (Wildman–Crippen LogP) is 5.22. The van der Waals surface area contributed by atoms with Gasteiger partial charge in [0.05, 0.1) is 44.2 Å². The molecule has 3 unspecified atom stereocenters. The van der Waals surface area contributed by atoms with Crippen LogP contribution in [0.25, 0.3) is 10.9 Å². The molecule has 0 radical (unpaired) electrons. The SMILES string of the molecule is CCOP(=O)(CCNc1ccc2[nH]c3c(c2c1)CCN1C[C@@H](C[C@@](O)(CC)C1)C[C@]3(C(=O)OC)C1C=C2C(=CC1OC)N(C)[C@H]1[C@@](O)(C(=O)O)[C@H](OC(C)=O)[C@]3(CC)C=CCN4CC[C@]21[C@@H]43)OCC. The summed E-state index contributed by atoms with van der Waals surface area (Å²) in [4.78, 5) is 52.9. The number of allylic oxidation sites excluding steroid dienone is 1. The van der Waals surface area contributed by atoms with Crippen LogP contribution < -0.4 is 5.32 Å². The second kappa shape index (κ2) is 18.2. The van der Waals surface area contributed by atoms with Crippen LogP contribution in [0.15, 0.2) is 53.8 Å². The van der Waals surface area contributed by atoms with Crippen molar-refractivity contribution in [1.29, 1.82) is 0 Å². The van der Waals surface area contributed by atoms with Crippen LogP contribution in [0.5, 0.6) is 0 Å². The van der Waals surface area contributed by atoms with E-state index < -0.39 is 77.1 Å². The van der Waals surface area contributed by atoms with Crippen molar-refractivity contribution in [2.24, 2.45) is 22.7 Å². The van der Waals surface area contributed by atoms with Crippen molar-refractivity contribution in [3.63, 3.8) is 0 Å². The Morgan fingerprint density at radius 1 is 1.00 bits per heavy atom. The van der Waals surface area contributed by atoms with Crippen LogP contribution >= 0.6 is 7.60 Å². The van der Waals surface area contributed by atoms with Crippen LogP contribution in [0, 0.1) is 22.7 Å². The average Bonchev–Trinajstić information content (AvgIpc) is 3.98. The number of hydrogen-bond donors (Lipinski definition) is 5. The Labute approximate surface area is 405 Å². The Bertz CT molecular complexity index is 2500. The van der Waals surface area contributed by atoms with Gasteiger partial charge in [0.2, 0.25) is 5.60 Å². The molecule has 2 aromatic rings. The molecule has 9 rings (SSSR count). The number of rotatable bonds is 15. The van der Waals surface area contributed by atoms with Crippen LogP contribution in [0.2, 0.25) is 0 Å². The summed E-state index contributed by atoms with van der Waals surface area (Å²) in [5, 5.41) is 41.0. The van der Waals surface area contributed by atoms with Crippen molar-refractivity contribution in [1.82, 2.24) is 19.7 Å². The number of nitrogens with zero attached hydrogens (tertiary/aromatic N) is 3. The fraction of sp³-hybridized carbons (Fsp3) is 0.667. The van der Waals surface area contributed by atoms with E-state index in [4.69, 9.17) is 23.3 Å². The average molecular weight is 978 g/mol. The van der Waals surface area contributed by atoms with E-state index in [1.54, 1.807) is 28.0 Å². The number of hydrogen-bond acceptors (Lipinski definition) is 15. The maximum absolute atomic E-state index is 15.6. The summed E-state index contributed by atoms with van der Waals surface area (Å²) in [6.45, 7) is 12.6. The molecule has 69 heavy (non-hydrogen) atoms. The number of likely N-dealkylation sites (tertiary alicyclic amines) is 1. The highest BCUT2D eigenvalue weighted by molar-refractivity contribution is 7.53. The summed E-state index contributed by atoms with van der Waals surface area (Å²) in [6, 6.07) is 4.54. The first kappa shape index (κ1) is 49.9. The molecule has 5 N–H and O–H groups in total. The molecule has 378 valence electrons. The van der Waals surface area contributed by atoms with Gasteiger partial charge in [0.15, 0.2) is 6.10 Å². The monoisotopic (exact) mass is 977 g/mol. The maximum atomic E-state index is 15.6. The standard InChI is InChI=1S/C51H72N5O12P/c1-9-47(61)27-32-28-50(46(60)65-8,41-34(16-21-55(29-32)30-47)35-24-33(14-15-38(35)53-41)52-19-23-69(63,66-11-3)67-12-4)37-25-36-39(26-40(37)64-7)54(6)43-49(36)18-22-56-20-13-17-48(10-2,42(49)56)44(68-31(5)57)51(43,62)45(58)59/h13-15,17,24-26,32,37,40,42-44,52-53,61-62H,9-12,16,18-23,27-30H2,1-8H3,(H,58,59)/t32-,37?,40?,42-,43+,44+,47-,48+,49+,50-,51-/m0/s1. The number of carbonyl (C=O) groups is 3. The fourth-order valence-electron chi connectivity index (χ4n) is 14.8. The number of ether oxygens (including phenoxy) is 3. The minimum atomic E-state index is -3.31. The first-order chi connectivity index (χ1) is 32.9. The maximum Gasteiger partial charge on any atom is 0.341 e. The van der Waals surface area contributed by atoms with Crippen molar-refractivity contribution in [2.45, 2.75) is 114 Å². The number of H-pyrrole nitrogens is 1. The van der Waals surface area contributed by atoms with Gasteiger partial charge in [-0.05, 0) is 100 Å². The molecule has 7 aliphatic rings. The zero-order valence-electron chi connectivity index (χ0n) is 41.4. The molecule has 2 bridgehead atoms. The minimum absolute atomic E-state index is 0.156. The number of aliphatic carboxylic acids is 1. The van der Waals surface area contributed by atoms with Gasteiger partial charge in [0, 0.05) is 105 Å². The van der Waals surface area contributed by atoms with Crippen molar-refractivity contribution in [3.8, 4) is 0 Å². The highest BCUT2D eigenvalue weighted by atomic mass is 31.2. The van der Waals surface area contributed by atoms with E-state index in [1.807, 2.05) is 49.1 Å². The first-order valence-electron chi connectivity index (χ1n) is 24.9. The van der Waals surface area contributed by atoms with Crippen molar-refractivity contribution >= 4 is 42.1 Å². The lowest BCUT2D eigenvalue weighted by Crippen LogP contribution is -2.79. The molecule has 17 nitrogen and oxygen atoms in total. The summed E-state index contributed by atoms with van der Waals surface area (Å²) in [7, 11) is 1.52. The molecule has 4 fully saturated rings. The molecule has 0 amide bonds. The summed E-state index contributed by atoms with van der Waals surface area (Å²) in [5.41, 5.74) is -2.34. The number of carboxylic acids is 1. The molecule has 1 spiro atoms. The van der Waals surface area contributed by atoms with Crippen LogP contribution in [0.4, 0.5) is 5.69 Å². The molecule has 1 aromatic carbocycles. The number of aliphatic hydroxyl groups is 2. The Morgan fingerprint density at radius 3 is 2.41 bits per heavy atom. The molecule has 1 saturated carbocycles. The largest absolute Gasteiger partial charge is 0.479 e. The van der Waals surface area contributed by atoms with Gasteiger partial charge in [-0.3, -0.25) is 24.0 Å². The summed E-state index contributed by atoms with van der Waals surface area (Å²) >= 11 is 0. The Morgan fingerprint density at radius 2 is 1.75 bits per heavy atom. The van der Waals surface area contributed by atoms with Gasteiger partial charge in [0.1, 0.15) is 5.41 Å². The lowest BCUT2D eigenvalue weighted by Gasteiger charge is -2.63. The molecule has 12 atom stereocenters. The number of methoxy groups -OCH3 is 2. The van der Waals surface area contributed by atoms with Gasteiger partial charge in [-0.2, -0.15) is 0 Å². The molecule has 3 saturated heterocycles. The van der Waals surface area contributed by atoms with Gasteiger partial charge in [-0.15, -0.1) is 0 Å². The normalized spacial score (nSPS) is 37.0. The van der Waals surface area contributed by atoms with E-state index in [9.17, 15) is 29.5 Å². The number of aromatic amines is 1. The molecule has 18 heteroatoms. The van der Waals surface area contributed by atoms with Crippen molar-refractivity contribution < 1.29 is 57.5 Å². The predicted molar refractivity (Wildman–Crippen MR) is 259 cm³/mol. The second-order valence-corrected chi connectivity index (χ2v) is 22.9. The van der Waals surface area contributed by atoms with Crippen molar-refractivity contribution in [3.05, 3.63) is 65.0 Å². The van der Waals surface area contributed by atoms with Crippen LogP contribution in [-0.2, 0) is 54.0 Å². The number of carbonyl (C=O) groups excluding carboxylic acids is 2. The number of likely N-dealkylation sites (N-methyl/N-ethyl adjacent to an activating group) is 1. The highest BCUT2D eigenvalue weighted by Crippen LogP contribution is 2.70. The number of fused-ring (bicyclic) bond motifs is 6. The molecule has 6 heterocycles. The smallest absolute Gasteiger partial charge is 0.341 e. The van der Waals surface area contributed by atoms with E-state index in [2.05, 4.69) is 32.2 Å². The first-order valence-corrected chi connectivity index (χ1v) is 26.7. The Kier molecular flexibility index (Phi) is 13.2. The molecule has 2 aliphatic carbocycles. The zero-order valence-corrected chi connectivity index (χ0v) is 42.3. The van der Waals surface area contributed by atoms with E-state index in [0.717, 1.165) is 27.7 Å². The summed E-state index contributed by atoms with van der Waals surface area (Å²) in [6.07, 6.45) is 8.84. The van der Waals surface area contributed by atoms with Gasteiger partial charge in [-0.25, -0.2) is 4.79 Å². The van der Waals surface area contributed by atoms with Crippen LogP contribution in [0.1, 0.15) is 78.0 Å². The minimum Gasteiger partial charge on any atom is -0.479 e. The number of piperidine rings is 1. The van der Waals surface area contributed by atoms with Gasteiger partial charge < -0.3 is 53.8 Å². The second-order valence-electron chi connectivity index (χ2n) is 20.7. The molecule has 1 aromatic heterocycles. The van der Waals surface area contributed by atoms with E-state index in [-0.39, 0.29) is 31.3 Å². The number of aromatic nitrogens is 1. The third-order valence-corrected chi connectivity index (χ3v) is 19.4. The van der Waals surface area contributed by atoms with Gasteiger partial charge >= 0.3 is 25.5 Å². The van der Waals surface area contributed by atoms with Crippen LogP contribution in [-0.4, -0.2) is 168 Å². The number of nitrogens with one attached hydrogen (secondary N) is 2. The van der Waals surface area contributed by atoms with Crippen molar-refractivity contribution in [2.75, 3.05) is 85.2 Å². The number of carboxylic acid groups (broad SMARTS) is 1. The third-order valence-electron chi connectivity index (χ3n) is 17.3. The molecule has 5 aliphatic heterocycles. The zero-order chi connectivity index (χ0) is 49.5. The summed E-state index contributed by atoms with van der Waals surface area (Å²) < 4.78 is 43.1. The number of anilines is 1. The number of benzene rings is 1. The number of esters is 2. The quantitative estimate of drug-likeness (QED) is 0.0879. The Hall–Kier alpha value is -4.06. The fourth-order valence-corrected chi connectivity index (χ4v) is 16.4. The van der Waals surface area contributed by atoms with Gasteiger partial charge in [-0.1, -0.05) is 32.1 Å². The van der Waals surface area contributed by atoms with E-state index >= 15 is 4.79 Å². The third kappa shape index (κ3) is 7.49. The van der Waals surface area contributed by atoms with Crippen LogP contribution in [0.3, 0.4) is 0 Å². The molecular formula is C51H72N5O12P. The van der Waals surface area contributed by atoms with E-state index in [1.165, 1.54) is 14.0 Å². The Balaban J connectivity index is 1.26.